The van der Waals surface area contributed by atoms with Crippen molar-refractivity contribution in [1.29, 1.82) is 0 Å². The lowest BCUT2D eigenvalue weighted by Gasteiger charge is -2.10. The number of fused-ring (bicyclic) bond motifs is 2. The molecular formula is C23H22N6. The highest BCUT2D eigenvalue weighted by atomic mass is 15.1. The van der Waals surface area contributed by atoms with Gasteiger partial charge in [-0.15, -0.1) is 0 Å². The molecule has 0 aliphatic heterocycles. The third-order valence-electron chi connectivity index (χ3n) is 4.95. The number of benzene rings is 2. The molecule has 29 heavy (non-hydrogen) atoms. The van der Waals surface area contributed by atoms with Gasteiger partial charge in [0.2, 0.25) is 5.95 Å². The van der Waals surface area contributed by atoms with E-state index in [1.54, 1.807) is 0 Å². The van der Waals surface area contributed by atoms with Gasteiger partial charge in [0.25, 0.3) is 0 Å². The maximum absolute atomic E-state index is 4.63. The molecule has 6 heteroatoms. The summed E-state index contributed by atoms with van der Waals surface area (Å²) in [6.45, 7) is 4.70. The molecule has 0 fully saturated rings. The van der Waals surface area contributed by atoms with Crippen molar-refractivity contribution in [3.8, 4) is 0 Å². The van der Waals surface area contributed by atoms with Crippen LogP contribution in [0.15, 0.2) is 60.8 Å². The molecule has 0 bridgehead atoms. The second kappa shape index (κ2) is 6.98. The molecule has 5 rings (SSSR count). The van der Waals surface area contributed by atoms with Crippen LogP contribution in [-0.4, -0.2) is 19.9 Å². The topological polar surface area (TPSA) is 81.4 Å². The highest BCUT2D eigenvalue weighted by molar-refractivity contribution is 5.84. The van der Waals surface area contributed by atoms with Crippen LogP contribution >= 0.6 is 0 Å². The van der Waals surface area contributed by atoms with Gasteiger partial charge in [-0.25, -0.2) is 4.98 Å². The van der Waals surface area contributed by atoms with Crippen molar-refractivity contribution in [2.45, 2.75) is 20.4 Å². The molecule has 3 aromatic heterocycles. The van der Waals surface area contributed by atoms with Crippen LogP contribution < -0.4 is 10.6 Å². The Morgan fingerprint density at radius 2 is 1.76 bits per heavy atom. The fourth-order valence-corrected chi connectivity index (χ4v) is 3.61. The van der Waals surface area contributed by atoms with Crippen LogP contribution in [0.2, 0.25) is 0 Å². The maximum Gasteiger partial charge on any atom is 0.225 e. The molecule has 5 aromatic rings. The van der Waals surface area contributed by atoms with Gasteiger partial charge in [-0.05, 0) is 67.3 Å². The Morgan fingerprint density at radius 3 is 2.69 bits per heavy atom. The Labute approximate surface area is 168 Å². The minimum Gasteiger partial charge on any atom is -0.361 e. The molecule has 0 atom stereocenters. The van der Waals surface area contributed by atoms with E-state index in [-0.39, 0.29) is 0 Å². The third kappa shape index (κ3) is 3.65. The first kappa shape index (κ1) is 17.3. The van der Waals surface area contributed by atoms with Crippen molar-refractivity contribution in [3.63, 3.8) is 0 Å². The molecule has 3 heterocycles. The van der Waals surface area contributed by atoms with Crippen molar-refractivity contribution in [3.05, 3.63) is 77.7 Å². The first-order valence-corrected chi connectivity index (χ1v) is 9.64. The van der Waals surface area contributed by atoms with Crippen LogP contribution in [-0.2, 0) is 6.54 Å². The first-order chi connectivity index (χ1) is 14.1. The Kier molecular flexibility index (Phi) is 4.17. The molecule has 2 aromatic carbocycles. The Bertz CT molecular complexity index is 1310. The van der Waals surface area contributed by atoms with Crippen LogP contribution in [0.25, 0.3) is 21.8 Å². The van der Waals surface area contributed by atoms with Gasteiger partial charge in [0.05, 0.1) is 0 Å². The van der Waals surface area contributed by atoms with Crippen molar-refractivity contribution in [2.24, 2.45) is 0 Å². The molecule has 0 aliphatic rings. The predicted molar refractivity (Wildman–Crippen MR) is 119 cm³/mol. The number of nitrogens with one attached hydrogen (secondary N) is 4. The van der Waals surface area contributed by atoms with E-state index in [9.17, 15) is 0 Å². The molecule has 0 unspecified atom stereocenters. The number of aromatic nitrogens is 4. The number of hydrogen-bond acceptors (Lipinski definition) is 4. The molecule has 6 nitrogen and oxygen atoms in total. The van der Waals surface area contributed by atoms with Gasteiger partial charge in [-0.3, -0.25) is 0 Å². The van der Waals surface area contributed by atoms with Crippen LogP contribution in [0.3, 0.4) is 0 Å². The van der Waals surface area contributed by atoms with E-state index in [1.165, 1.54) is 16.3 Å². The smallest absolute Gasteiger partial charge is 0.225 e. The Hall–Kier alpha value is -3.80. The number of nitrogens with zero attached hydrogens (tertiary/aromatic N) is 2. The van der Waals surface area contributed by atoms with Crippen LogP contribution in [0, 0.1) is 13.8 Å². The highest BCUT2D eigenvalue weighted by Crippen LogP contribution is 2.23. The number of rotatable bonds is 5. The maximum atomic E-state index is 4.63. The molecule has 144 valence electrons. The van der Waals surface area contributed by atoms with Gasteiger partial charge in [0, 0.05) is 52.3 Å². The summed E-state index contributed by atoms with van der Waals surface area (Å²) in [5.74, 6) is 1.38. The molecule has 0 radical (unpaired) electrons. The van der Waals surface area contributed by atoms with Crippen LogP contribution in [0.5, 0.6) is 0 Å². The molecule has 0 amide bonds. The van der Waals surface area contributed by atoms with Gasteiger partial charge in [-0.1, -0.05) is 6.07 Å². The number of aryl methyl sites for hydroxylation is 2. The van der Waals surface area contributed by atoms with E-state index in [2.05, 4.69) is 86.0 Å². The predicted octanol–water partition coefficient (Wildman–Crippen LogP) is 5.41. The summed E-state index contributed by atoms with van der Waals surface area (Å²) >= 11 is 0. The minimum atomic E-state index is 0.611. The lowest BCUT2D eigenvalue weighted by atomic mass is 10.1. The second-order valence-electron chi connectivity index (χ2n) is 7.35. The van der Waals surface area contributed by atoms with Crippen molar-refractivity contribution < 1.29 is 0 Å². The molecule has 0 saturated carbocycles. The normalized spacial score (nSPS) is 11.2. The number of anilines is 3. The Balaban J connectivity index is 1.34. The average Bonchev–Trinajstić information content (AvgIpc) is 3.30. The molecular weight excluding hydrogens is 360 g/mol. The largest absolute Gasteiger partial charge is 0.361 e. The highest BCUT2D eigenvalue weighted by Gasteiger charge is 2.05. The average molecular weight is 382 g/mol. The van der Waals surface area contributed by atoms with Gasteiger partial charge in [-0.2, -0.15) is 4.98 Å². The fourth-order valence-electron chi connectivity index (χ4n) is 3.61. The fraction of sp³-hybridized carbons (Fsp3) is 0.130. The Morgan fingerprint density at radius 1 is 0.862 bits per heavy atom. The third-order valence-corrected chi connectivity index (χ3v) is 4.95. The summed E-state index contributed by atoms with van der Waals surface area (Å²) in [6.07, 6.45) is 1.95. The van der Waals surface area contributed by atoms with Gasteiger partial charge < -0.3 is 20.6 Å². The van der Waals surface area contributed by atoms with Gasteiger partial charge in [0.15, 0.2) is 0 Å². The van der Waals surface area contributed by atoms with E-state index in [1.807, 2.05) is 19.2 Å². The van der Waals surface area contributed by atoms with Gasteiger partial charge in [0.1, 0.15) is 5.82 Å². The number of hydrogen-bond donors (Lipinski definition) is 4. The van der Waals surface area contributed by atoms with Crippen LogP contribution in [0.4, 0.5) is 17.5 Å². The van der Waals surface area contributed by atoms with E-state index >= 15 is 0 Å². The zero-order valence-corrected chi connectivity index (χ0v) is 16.4. The van der Waals surface area contributed by atoms with E-state index < -0.39 is 0 Å². The second-order valence-corrected chi connectivity index (χ2v) is 7.35. The van der Waals surface area contributed by atoms with Crippen molar-refractivity contribution in [2.75, 3.05) is 10.6 Å². The minimum absolute atomic E-state index is 0.611. The zero-order valence-electron chi connectivity index (χ0n) is 16.4. The summed E-state index contributed by atoms with van der Waals surface area (Å²) < 4.78 is 0. The molecule has 0 saturated heterocycles. The van der Waals surface area contributed by atoms with E-state index in [0.717, 1.165) is 33.9 Å². The van der Waals surface area contributed by atoms with Crippen LogP contribution in [0.1, 0.15) is 17.0 Å². The summed E-state index contributed by atoms with van der Waals surface area (Å²) in [6, 6.07) is 18.8. The monoisotopic (exact) mass is 382 g/mol. The molecule has 0 aliphatic carbocycles. The quantitative estimate of drug-likeness (QED) is 0.327. The summed E-state index contributed by atoms with van der Waals surface area (Å²) in [4.78, 5) is 15.7. The summed E-state index contributed by atoms with van der Waals surface area (Å²) in [5.41, 5.74) is 6.52. The lowest BCUT2D eigenvalue weighted by Crippen LogP contribution is -2.06. The van der Waals surface area contributed by atoms with Gasteiger partial charge >= 0.3 is 0 Å². The SMILES string of the molecule is Cc1cc(Nc2ccc3[nH]c(C)cc3c2)nc(NCc2ccc3[nH]ccc3c2)n1. The van der Waals surface area contributed by atoms with Crippen molar-refractivity contribution in [1.82, 2.24) is 19.9 Å². The molecule has 0 spiro atoms. The first-order valence-electron chi connectivity index (χ1n) is 9.64. The van der Waals surface area contributed by atoms with E-state index in [4.69, 9.17) is 0 Å². The number of H-pyrrole nitrogens is 2. The lowest BCUT2D eigenvalue weighted by molar-refractivity contribution is 1.03. The standard InChI is InChI=1S/C23H22N6/c1-14-9-18-12-19(4-6-21(18)26-14)28-22-10-15(2)27-23(29-22)25-13-16-3-5-20-17(11-16)7-8-24-20/h3-12,24,26H,13H2,1-2H3,(H2,25,27,28,29). The summed E-state index contributed by atoms with van der Waals surface area (Å²) in [5, 5.41) is 9.12. The van der Waals surface area contributed by atoms with E-state index in [0.29, 0.717) is 12.5 Å². The number of aromatic amines is 2. The summed E-state index contributed by atoms with van der Waals surface area (Å²) in [7, 11) is 0. The zero-order chi connectivity index (χ0) is 19.8. The van der Waals surface area contributed by atoms with Crippen molar-refractivity contribution >= 4 is 39.3 Å². The molecule has 4 N–H and O–H groups in total.